The van der Waals surface area contributed by atoms with E-state index in [-0.39, 0.29) is 0 Å². The topological polar surface area (TPSA) is 90.7 Å². The van der Waals surface area contributed by atoms with E-state index < -0.39 is 18.4 Å². The highest BCUT2D eigenvalue weighted by molar-refractivity contribution is 5.69. The summed E-state index contributed by atoms with van der Waals surface area (Å²) in [6, 6.07) is 0. The van der Waals surface area contributed by atoms with Gasteiger partial charge in [0, 0.05) is 6.42 Å². The molecule has 106 valence electrons. The first-order valence-corrected chi connectivity index (χ1v) is 6.49. The summed E-state index contributed by atoms with van der Waals surface area (Å²) in [5.74, 6) is 0. The average molecular weight is 260 g/mol. The van der Waals surface area contributed by atoms with Crippen LogP contribution >= 0.6 is 0 Å². The number of unbranched alkanes of at least 4 members (excludes halogenated alkanes) is 3. The molecule has 0 aromatic carbocycles. The molecule has 0 saturated carbocycles. The first-order chi connectivity index (χ1) is 8.60. The Bertz CT molecular complexity index is 246. The third-order valence-corrected chi connectivity index (χ3v) is 2.34. The first kappa shape index (κ1) is 16.5. The Morgan fingerprint density at radius 1 is 1.17 bits per heavy atom. The van der Waals surface area contributed by atoms with Gasteiger partial charge < -0.3 is 15.2 Å². The van der Waals surface area contributed by atoms with Crippen molar-refractivity contribution < 1.29 is 19.1 Å². The minimum absolute atomic E-state index is 0.362. The van der Waals surface area contributed by atoms with Crippen LogP contribution in [0, 0.1) is 0 Å². The molecule has 1 unspecified atom stereocenters. The molecule has 6 nitrogen and oxygen atoms in total. The fourth-order valence-corrected chi connectivity index (χ4v) is 1.36. The van der Waals surface area contributed by atoms with Crippen molar-refractivity contribution >= 4 is 12.2 Å². The van der Waals surface area contributed by atoms with Crippen molar-refractivity contribution in [2.24, 2.45) is 5.73 Å². The zero-order chi connectivity index (χ0) is 13.8. The number of alkyl carbamates (subject to hydrolysis) is 1. The number of rotatable bonds is 9. The molecule has 3 N–H and O–H groups in total. The average Bonchev–Trinajstić information content (AvgIpc) is 2.28. The van der Waals surface area contributed by atoms with E-state index >= 15 is 0 Å². The van der Waals surface area contributed by atoms with Gasteiger partial charge in [-0.25, -0.2) is 9.59 Å². The fraction of sp³-hybridized carbons (Fsp3) is 0.833. The largest absolute Gasteiger partial charge is 0.449 e. The quantitative estimate of drug-likeness (QED) is 0.492. The molecule has 1 atom stereocenters. The van der Waals surface area contributed by atoms with Crippen molar-refractivity contribution in [1.29, 1.82) is 0 Å². The second kappa shape index (κ2) is 10.7. The predicted octanol–water partition coefficient (Wildman–Crippen LogP) is 2.51. The van der Waals surface area contributed by atoms with E-state index in [1.165, 1.54) is 0 Å². The molecule has 0 bridgehead atoms. The molecular formula is C12H24N2O4. The minimum Gasteiger partial charge on any atom is -0.449 e. The number of carbonyl (C=O) groups is 2. The zero-order valence-electron chi connectivity index (χ0n) is 11.2. The molecule has 2 amide bonds. The van der Waals surface area contributed by atoms with E-state index in [4.69, 9.17) is 15.2 Å². The van der Waals surface area contributed by atoms with Crippen LogP contribution in [0.5, 0.6) is 0 Å². The number of hydrogen-bond donors (Lipinski definition) is 2. The van der Waals surface area contributed by atoms with Gasteiger partial charge in [-0.2, -0.15) is 0 Å². The molecule has 0 radical (unpaired) electrons. The Kier molecular flexibility index (Phi) is 9.81. The van der Waals surface area contributed by atoms with Crippen LogP contribution in [-0.4, -0.2) is 25.0 Å². The van der Waals surface area contributed by atoms with E-state index in [1.807, 2.05) is 6.92 Å². The van der Waals surface area contributed by atoms with E-state index in [1.54, 1.807) is 0 Å². The lowest BCUT2D eigenvalue weighted by Gasteiger charge is -2.17. The normalized spacial score (nSPS) is 11.7. The number of carbonyl (C=O) groups excluding carboxylic acids is 2. The van der Waals surface area contributed by atoms with Gasteiger partial charge in [0.05, 0.1) is 6.61 Å². The molecule has 0 fully saturated rings. The van der Waals surface area contributed by atoms with E-state index in [9.17, 15) is 9.59 Å². The van der Waals surface area contributed by atoms with Gasteiger partial charge in [-0.3, -0.25) is 5.32 Å². The molecule has 0 heterocycles. The molecule has 6 heteroatoms. The van der Waals surface area contributed by atoms with Crippen LogP contribution in [0.1, 0.15) is 52.4 Å². The summed E-state index contributed by atoms with van der Waals surface area (Å²) >= 11 is 0. The first-order valence-electron chi connectivity index (χ1n) is 6.49. The molecule has 0 aliphatic carbocycles. The number of primary amides is 1. The number of nitrogens with one attached hydrogen (secondary N) is 1. The lowest BCUT2D eigenvalue weighted by Crippen LogP contribution is -2.40. The molecule has 0 aromatic rings. The molecule has 0 saturated heterocycles. The summed E-state index contributed by atoms with van der Waals surface area (Å²) in [6.45, 7) is 4.43. The highest BCUT2D eigenvalue weighted by atomic mass is 16.6. The van der Waals surface area contributed by atoms with E-state index in [0.717, 1.165) is 32.1 Å². The van der Waals surface area contributed by atoms with Crippen molar-refractivity contribution in [2.45, 2.75) is 58.6 Å². The van der Waals surface area contributed by atoms with Crippen molar-refractivity contribution in [2.75, 3.05) is 6.61 Å². The summed E-state index contributed by atoms with van der Waals surface area (Å²) in [5.41, 5.74) is 4.94. The standard InChI is InChI=1S/C12H24N2O4/c1-3-5-7-8-10(18-11(13)15)14-12(16)17-9-6-4-2/h10H,3-9H2,1-2H3,(H2,13,15)(H,14,16). The van der Waals surface area contributed by atoms with Gasteiger partial charge in [0.15, 0.2) is 6.23 Å². The minimum atomic E-state index is -0.898. The maximum absolute atomic E-state index is 11.4. The SMILES string of the molecule is CCCCCC(NC(=O)OCCCC)OC(N)=O. The molecule has 0 aliphatic heterocycles. The number of nitrogens with two attached hydrogens (primary N) is 1. The molecule has 0 aliphatic rings. The highest BCUT2D eigenvalue weighted by Gasteiger charge is 2.15. The van der Waals surface area contributed by atoms with Gasteiger partial charge in [-0.05, 0) is 12.8 Å². The fourth-order valence-electron chi connectivity index (χ4n) is 1.36. The predicted molar refractivity (Wildman–Crippen MR) is 68.0 cm³/mol. The number of ether oxygens (including phenoxy) is 2. The molecule has 0 aromatic heterocycles. The van der Waals surface area contributed by atoms with E-state index in [2.05, 4.69) is 12.2 Å². The lowest BCUT2D eigenvalue weighted by molar-refractivity contribution is 0.0675. The van der Waals surface area contributed by atoms with Gasteiger partial charge in [0.1, 0.15) is 0 Å². The maximum Gasteiger partial charge on any atom is 0.409 e. The summed E-state index contributed by atoms with van der Waals surface area (Å²) in [7, 11) is 0. The van der Waals surface area contributed by atoms with Crippen molar-refractivity contribution in [3.63, 3.8) is 0 Å². The third kappa shape index (κ3) is 9.74. The van der Waals surface area contributed by atoms with Crippen molar-refractivity contribution in [3.05, 3.63) is 0 Å². The second-order valence-corrected chi connectivity index (χ2v) is 4.06. The molecule has 0 rings (SSSR count). The highest BCUT2D eigenvalue weighted by Crippen LogP contribution is 2.05. The smallest absolute Gasteiger partial charge is 0.409 e. The maximum atomic E-state index is 11.4. The van der Waals surface area contributed by atoms with Crippen LogP contribution in [0.15, 0.2) is 0 Å². The van der Waals surface area contributed by atoms with Crippen LogP contribution in [0.3, 0.4) is 0 Å². The van der Waals surface area contributed by atoms with Gasteiger partial charge in [0.25, 0.3) is 0 Å². The molecule has 0 spiro atoms. The summed E-state index contributed by atoms with van der Waals surface area (Å²) in [5, 5.41) is 2.48. The Morgan fingerprint density at radius 3 is 2.39 bits per heavy atom. The Hall–Kier alpha value is -1.46. The Labute approximate surface area is 108 Å². The zero-order valence-corrected chi connectivity index (χ0v) is 11.2. The van der Waals surface area contributed by atoms with Crippen LogP contribution in [-0.2, 0) is 9.47 Å². The van der Waals surface area contributed by atoms with Gasteiger partial charge >= 0.3 is 12.2 Å². The Balaban J connectivity index is 3.96. The van der Waals surface area contributed by atoms with Gasteiger partial charge in [-0.15, -0.1) is 0 Å². The molecule has 18 heavy (non-hydrogen) atoms. The lowest BCUT2D eigenvalue weighted by atomic mass is 10.2. The Morgan fingerprint density at radius 2 is 1.83 bits per heavy atom. The second-order valence-electron chi connectivity index (χ2n) is 4.06. The van der Waals surface area contributed by atoms with E-state index in [0.29, 0.717) is 13.0 Å². The summed E-state index contributed by atoms with van der Waals surface area (Å²) in [6.07, 6.45) is 3.02. The monoisotopic (exact) mass is 260 g/mol. The number of amides is 2. The van der Waals surface area contributed by atoms with Gasteiger partial charge in [0.2, 0.25) is 0 Å². The van der Waals surface area contributed by atoms with Crippen LogP contribution in [0.4, 0.5) is 9.59 Å². The third-order valence-electron chi connectivity index (χ3n) is 2.34. The van der Waals surface area contributed by atoms with Crippen molar-refractivity contribution in [3.8, 4) is 0 Å². The molecular weight excluding hydrogens is 236 g/mol. The summed E-state index contributed by atoms with van der Waals surface area (Å²) in [4.78, 5) is 22.1. The van der Waals surface area contributed by atoms with Crippen LogP contribution in [0.25, 0.3) is 0 Å². The van der Waals surface area contributed by atoms with Crippen molar-refractivity contribution in [1.82, 2.24) is 5.32 Å². The van der Waals surface area contributed by atoms with Crippen LogP contribution in [0.2, 0.25) is 0 Å². The number of hydrogen-bond acceptors (Lipinski definition) is 4. The van der Waals surface area contributed by atoms with Crippen LogP contribution < -0.4 is 11.1 Å². The summed E-state index contributed by atoms with van der Waals surface area (Å²) < 4.78 is 9.72. The van der Waals surface area contributed by atoms with Gasteiger partial charge in [-0.1, -0.05) is 33.1 Å².